The highest BCUT2D eigenvalue weighted by molar-refractivity contribution is 7.65. The molecule has 0 aliphatic heterocycles. The van der Waals surface area contributed by atoms with Gasteiger partial charge in [-0.15, -0.1) is 159 Å². The molecule has 0 N–H and O–H groups in total. The number of rotatable bonds is 22. The number of carbonyl (C=O) groups is 8. The topological polar surface area (TPSA) is 183 Å². The molecule has 0 saturated heterocycles. The lowest BCUT2D eigenvalue weighted by Gasteiger charge is -2.31. The van der Waals surface area contributed by atoms with Crippen LogP contribution in [0.4, 0.5) is 87.8 Å². The van der Waals surface area contributed by atoms with Crippen LogP contribution in [-0.4, -0.2) is 138 Å². The van der Waals surface area contributed by atoms with E-state index in [0.29, 0.717) is 5.88 Å². The summed E-state index contributed by atoms with van der Waals surface area (Å²) < 4.78 is 259. The van der Waals surface area contributed by atoms with Crippen molar-refractivity contribution >= 4 is 195 Å². The molecule has 13 nitrogen and oxygen atoms in total. The number of halogens is 30. The molecular formula is C46H54Cl10F20O13Si5. The standard InChI is InChI=1S/C16H26F4O8Si2.C7H4O2.C6H8Cl6F4Si2.C6H6F4.C5H3Cl.C4H6O3.2CF4.Cl3HSi/c1-11(21)25-29(5,6)9-7-15(17,18)16(19,20)8-10-30(26-12(2)22,27-13(3)23)28-14(4)24;1-3-4-5-7(9)6(2)8;7-17(8,9)3-1-5(13,14)6(15,16)2-4-18(10,11)12;1-3-5(7,8)6(9,10)4-2;1-2-3-4-5-6;1-3(5)7-4(2)6;2*2-1(3,4)5;1-4(2)3/h7-10H2,1-6H3;1H,2H3;1-4H2;3-4H,1-2H2;1H,5H2;1-2H3;;;4H. The Morgan fingerprint density at radius 2 is 0.702 bits per heavy atom. The van der Waals surface area contributed by atoms with E-state index >= 15 is 0 Å². The Kier molecular flexibility index (Phi) is 59.2. The number of ketones is 2. The summed E-state index contributed by atoms with van der Waals surface area (Å²) in [4.78, 5) is 85.0. The van der Waals surface area contributed by atoms with Crippen LogP contribution in [0, 0.1) is 48.4 Å². The molecule has 0 heterocycles. The Morgan fingerprint density at radius 1 is 0.457 bits per heavy atom. The Labute approximate surface area is 578 Å². The van der Waals surface area contributed by atoms with Gasteiger partial charge >= 0.3 is 87.9 Å². The second-order valence-electron chi connectivity index (χ2n) is 16.6. The lowest BCUT2D eigenvalue weighted by molar-refractivity contribution is -0.238. The van der Waals surface area contributed by atoms with Gasteiger partial charge in [-0.05, 0) is 73.0 Å². The van der Waals surface area contributed by atoms with Gasteiger partial charge in [0.25, 0.3) is 29.7 Å². The maximum absolute atomic E-state index is 14.3. The normalized spacial score (nSPS) is 11.4. The number of hydrogen-bond donors (Lipinski definition) is 0. The highest BCUT2D eigenvalue weighted by Gasteiger charge is 2.61. The Bertz CT molecular complexity index is 2480. The van der Waals surface area contributed by atoms with Crippen molar-refractivity contribution in [3.05, 3.63) is 25.3 Å². The first-order valence-corrected chi connectivity index (χ1v) is 44.7. The van der Waals surface area contributed by atoms with Crippen molar-refractivity contribution in [2.24, 2.45) is 0 Å². The van der Waals surface area contributed by atoms with E-state index in [0.717, 1.165) is 34.6 Å². The van der Waals surface area contributed by atoms with Gasteiger partial charge in [-0.3, -0.25) is 38.4 Å². The summed E-state index contributed by atoms with van der Waals surface area (Å²) in [6.07, 6.45) is -7.05. The molecule has 0 aromatic rings. The fourth-order valence-electron chi connectivity index (χ4n) is 4.15. The minimum Gasteiger partial charge on any atom is -0.520 e. The highest BCUT2D eigenvalue weighted by atomic mass is 35.9. The van der Waals surface area contributed by atoms with Gasteiger partial charge in [0.1, 0.15) is 0 Å². The van der Waals surface area contributed by atoms with Crippen molar-refractivity contribution in [1.82, 2.24) is 0 Å². The monoisotopic (exact) mass is 1680 g/mol. The summed E-state index contributed by atoms with van der Waals surface area (Å²) in [5.41, 5.74) is 0. The largest absolute Gasteiger partial charge is 0.705 e. The van der Waals surface area contributed by atoms with Gasteiger partial charge < -0.3 is 22.4 Å². The average molecular weight is 1690 g/mol. The van der Waals surface area contributed by atoms with E-state index in [9.17, 15) is 126 Å². The Balaban J connectivity index is -0.000000137. The van der Waals surface area contributed by atoms with Crippen LogP contribution in [0.2, 0.25) is 37.3 Å². The summed E-state index contributed by atoms with van der Waals surface area (Å²) >= 11 is 52.2. The molecule has 0 aliphatic carbocycles. The Morgan fingerprint density at radius 3 is 0.872 bits per heavy atom. The van der Waals surface area contributed by atoms with Crippen LogP contribution in [0.25, 0.3) is 0 Å². The van der Waals surface area contributed by atoms with E-state index in [1.54, 1.807) is 0 Å². The number of terminal acetylenes is 2. The minimum atomic E-state index is -5.50. The first-order valence-electron chi connectivity index (χ1n) is 23.4. The molecule has 0 aromatic heterocycles. The van der Waals surface area contributed by atoms with Crippen LogP contribution < -0.4 is 0 Å². The predicted octanol–water partition coefficient (Wildman–Crippen LogP) is 17.5. The SMILES string of the molecule is C#CC#CC(=O)C(C)=O.C#CC#CCCl.C=CC(F)(F)C(F)(F)C=C.CC(=O)OC(C)=O.CC(=O)O[Si](C)(C)CCC(F)(F)C(F)(F)CC[Si](OC(C)=O)(OC(C)=O)OC(C)=O.Cl[SiH](Cl)Cl.FC(F)(CC[Si](Cl)(Cl)Cl)C(F)(F)CC[Si](Cl)(Cl)Cl.FC(F)(F)F.FC(F)(F)F. The molecular weight excluding hydrogens is 1640 g/mol. The summed E-state index contributed by atoms with van der Waals surface area (Å²) in [5.74, 6) is -19.4. The lowest BCUT2D eigenvalue weighted by Crippen LogP contribution is -2.51. The van der Waals surface area contributed by atoms with Gasteiger partial charge in [0.05, 0.1) is 11.9 Å². The third-order valence-electron chi connectivity index (χ3n) is 7.66. The van der Waals surface area contributed by atoms with E-state index in [1.807, 2.05) is 17.8 Å². The van der Waals surface area contributed by atoms with E-state index in [4.69, 9.17) is 135 Å². The predicted molar refractivity (Wildman–Crippen MR) is 326 cm³/mol. The fourth-order valence-corrected chi connectivity index (χ4v) is 11.3. The molecule has 546 valence electrons. The van der Waals surface area contributed by atoms with Crippen molar-refractivity contribution < 1.29 is 149 Å². The van der Waals surface area contributed by atoms with Crippen molar-refractivity contribution in [3.8, 4) is 48.4 Å². The average Bonchev–Trinajstić information content (AvgIpc) is 0.820. The third-order valence-corrected chi connectivity index (χ3v) is 17.8. The van der Waals surface area contributed by atoms with Gasteiger partial charge in [0, 0.05) is 74.1 Å². The summed E-state index contributed by atoms with van der Waals surface area (Å²) in [6, 6.07) is -9.40. The van der Waals surface area contributed by atoms with E-state index in [2.05, 4.69) is 42.1 Å². The quantitative estimate of drug-likeness (QED) is 0.00954. The highest BCUT2D eigenvalue weighted by Crippen LogP contribution is 2.46. The van der Waals surface area contributed by atoms with Crippen LogP contribution in [0.15, 0.2) is 25.3 Å². The van der Waals surface area contributed by atoms with Crippen LogP contribution >= 0.6 is 111 Å². The molecule has 0 saturated carbocycles. The summed E-state index contributed by atoms with van der Waals surface area (Å²) in [7, 11) is -7.62. The van der Waals surface area contributed by atoms with Gasteiger partial charge in [-0.2, -0.15) is 52.7 Å². The first kappa shape index (κ1) is 109. The maximum Gasteiger partial charge on any atom is 0.705 e. The van der Waals surface area contributed by atoms with Crippen molar-refractivity contribution in [3.63, 3.8) is 0 Å². The molecule has 0 spiro atoms. The van der Waals surface area contributed by atoms with Crippen LogP contribution in [0.3, 0.4) is 0 Å². The van der Waals surface area contributed by atoms with Gasteiger partial charge in [0.15, 0.2) is 0 Å². The number of Topliss-reactive ketones (excluding diaryl/α,β-unsaturated/α-hetero) is 2. The first-order chi connectivity index (χ1) is 41.3. The number of allylic oxidation sites excluding steroid dienone is 2. The van der Waals surface area contributed by atoms with Crippen LogP contribution in [0.5, 0.6) is 0 Å². The molecule has 48 heteroatoms. The number of ether oxygens (including phenoxy) is 1. The van der Waals surface area contributed by atoms with E-state index in [1.165, 1.54) is 26.9 Å². The second kappa shape index (κ2) is 50.9. The second-order valence-corrected chi connectivity index (χ2v) is 48.5. The molecule has 0 fully saturated rings. The molecule has 0 radical (unpaired) electrons. The lowest BCUT2D eigenvalue weighted by atomic mass is 10.1. The summed E-state index contributed by atoms with van der Waals surface area (Å²) in [5, 5.41) is 0. The minimum absolute atomic E-state index is 0.103. The molecule has 0 unspecified atom stereocenters. The molecule has 0 atom stereocenters. The number of alkyl halides is 21. The fraction of sp³-hybridized carbons (Fsp3) is 0.565. The number of hydrogen-bond acceptors (Lipinski definition) is 13. The van der Waals surface area contributed by atoms with Crippen molar-refractivity contribution in [2.75, 3.05) is 5.88 Å². The number of esters is 2. The zero-order chi connectivity index (χ0) is 77.8. The molecule has 0 aromatic carbocycles. The molecule has 94 heavy (non-hydrogen) atoms. The smallest absolute Gasteiger partial charge is 0.520 e. The maximum atomic E-state index is 14.3. The molecule has 0 rings (SSSR count). The zero-order valence-corrected chi connectivity index (χ0v) is 62.0. The summed E-state index contributed by atoms with van der Waals surface area (Å²) in [6.45, 7) is 13.4. The van der Waals surface area contributed by atoms with Crippen molar-refractivity contribution in [1.29, 1.82) is 0 Å². The van der Waals surface area contributed by atoms with Crippen molar-refractivity contribution in [2.45, 2.75) is 160 Å². The molecule has 0 bridgehead atoms. The van der Waals surface area contributed by atoms with E-state index < -0.39 is 181 Å². The van der Waals surface area contributed by atoms with Gasteiger partial charge in [-0.25, -0.2) is 0 Å². The van der Waals surface area contributed by atoms with Crippen LogP contribution in [0.1, 0.15) is 74.1 Å². The molecule has 0 aliphatic rings. The Hall–Kier alpha value is -3.34. The van der Waals surface area contributed by atoms with Gasteiger partial charge in [0.2, 0.25) is 14.1 Å². The van der Waals surface area contributed by atoms with Gasteiger partial charge in [-0.1, -0.05) is 19.1 Å². The number of carbonyl (C=O) groups excluding carboxylic acids is 8. The zero-order valence-electron chi connectivity index (χ0n) is 49.3. The van der Waals surface area contributed by atoms with E-state index in [-0.39, 0.29) is 12.2 Å². The molecule has 0 amide bonds. The van der Waals surface area contributed by atoms with Crippen LogP contribution in [-0.2, 0) is 60.8 Å². The third kappa shape index (κ3) is 79.4.